The van der Waals surface area contributed by atoms with Gasteiger partial charge in [0.25, 0.3) is 23.6 Å². The summed E-state index contributed by atoms with van der Waals surface area (Å²) in [4.78, 5) is 117. The van der Waals surface area contributed by atoms with Gasteiger partial charge >= 0.3 is 0 Å². The minimum absolute atomic E-state index is 0.0568. The van der Waals surface area contributed by atoms with Crippen LogP contribution in [0, 0.1) is 5.92 Å². The smallest absolute Gasteiger partial charge is 0.271 e. The molecule has 6 amide bonds. The van der Waals surface area contributed by atoms with E-state index in [0.717, 1.165) is 35.8 Å². The number of rotatable bonds is 11. The van der Waals surface area contributed by atoms with Crippen molar-refractivity contribution in [3.8, 4) is 43.4 Å². The molecule has 0 radical (unpaired) electrons. The van der Waals surface area contributed by atoms with E-state index in [2.05, 4.69) is 56.7 Å². The van der Waals surface area contributed by atoms with Gasteiger partial charge in [0.2, 0.25) is 11.8 Å². The molecule has 1 saturated carbocycles. The highest BCUT2D eigenvalue weighted by Crippen LogP contribution is 2.39. The molecule has 1 aliphatic carbocycles. The van der Waals surface area contributed by atoms with E-state index in [-0.39, 0.29) is 40.3 Å². The number of nitrogens with one attached hydrogen (secondary N) is 6. The standard InChI is InChI=1S/C51H54N14O9S6/c1-6-27-45-57-31(19-76-45)39(68)61-35(23(2)3)48-59-32(20-80-48)41(70)63-37(25(5)67)49-55-29(17-79-49)38-26(44-56-30(18-75-44)40(69)62-36(24(4)66)43(72)54-27)7-8-28(53-38)46-60-34(22-78-46)47-58-33(21-77-47)42(71)64-51(9-10-51)50(73)52-11-12-65-13-15-74-16-14-65/h6-8,17-25,35-37,66-67H,9-16H2,1-5H3,(H,52,73)(H,54,72)(H,61,68)(H,62,69)(H,63,70)(H,64,71)/b27-6-/t24-,25-,35+,36+,37+/m1/s1. The van der Waals surface area contributed by atoms with Gasteiger partial charge in [0.1, 0.15) is 87.5 Å². The van der Waals surface area contributed by atoms with Crippen LogP contribution in [0.4, 0.5) is 0 Å². The molecule has 0 unspecified atom stereocenters. The fourth-order valence-corrected chi connectivity index (χ4v) is 13.8. The van der Waals surface area contributed by atoms with Gasteiger partial charge in [-0.25, -0.2) is 34.9 Å². The number of aromatic nitrogens is 7. The third kappa shape index (κ3) is 12.5. The monoisotopic (exact) mass is 1200 g/mol. The number of thiazole rings is 6. The van der Waals surface area contributed by atoms with Crippen LogP contribution in [-0.4, -0.2) is 149 Å². The normalized spacial score (nSPS) is 20.2. The second-order valence-corrected chi connectivity index (χ2v) is 24.6. The van der Waals surface area contributed by atoms with Gasteiger partial charge in [-0.05, 0) is 51.7 Å². The largest absolute Gasteiger partial charge is 0.391 e. The summed E-state index contributed by atoms with van der Waals surface area (Å²) in [6, 6.07) is 0.441. The van der Waals surface area contributed by atoms with Crippen molar-refractivity contribution in [3.63, 3.8) is 0 Å². The van der Waals surface area contributed by atoms with E-state index in [1.54, 1.807) is 46.7 Å². The molecule has 10 rings (SSSR count). The maximum atomic E-state index is 13.9. The number of aliphatic hydroxyl groups excluding tert-OH is 2. The van der Waals surface area contributed by atoms with Crippen LogP contribution in [0.1, 0.15) is 117 Å². The first-order valence-electron chi connectivity index (χ1n) is 25.4. The van der Waals surface area contributed by atoms with Crippen molar-refractivity contribution in [1.29, 1.82) is 0 Å². The molecule has 80 heavy (non-hydrogen) atoms. The quantitative estimate of drug-likeness (QED) is 0.0830. The molecule has 3 aliphatic rings. The van der Waals surface area contributed by atoms with Gasteiger partial charge in [-0.15, -0.1) is 68.0 Å². The van der Waals surface area contributed by atoms with Gasteiger partial charge in [-0.3, -0.25) is 33.7 Å². The number of fused-ring (bicyclic) bond motifs is 11. The van der Waals surface area contributed by atoms with Crippen molar-refractivity contribution >= 4 is 109 Å². The van der Waals surface area contributed by atoms with E-state index >= 15 is 0 Å². The van der Waals surface area contributed by atoms with Crippen LogP contribution >= 0.6 is 68.0 Å². The molecule has 5 atom stereocenters. The summed E-state index contributed by atoms with van der Waals surface area (Å²) in [6.07, 6.45) is 0.154. The number of carbonyl (C=O) groups is 6. The molecule has 9 heterocycles. The van der Waals surface area contributed by atoms with Gasteiger partial charge < -0.3 is 46.9 Å². The van der Waals surface area contributed by atoms with E-state index in [1.807, 2.05) is 13.8 Å². The van der Waals surface area contributed by atoms with Crippen LogP contribution in [0.15, 0.2) is 50.5 Å². The van der Waals surface area contributed by atoms with E-state index in [4.69, 9.17) is 19.7 Å². The summed E-state index contributed by atoms with van der Waals surface area (Å²) in [6.45, 7) is 12.5. The summed E-state index contributed by atoms with van der Waals surface area (Å²) in [7, 11) is 0. The first-order chi connectivity index (χ1) is 38.5. The van der Waals surface area contributed by atoms with Crippen LogP contribution in [0.25, 0.3) is 49.1 Å². The number of hydrogen-bond acceptors (Lipinski definition) is 23. The average molecular weight is 1200 g/mol. The molecule has 8 N–H and O–H groups in total. The summed E-state index contributed by atoms with van der Waals surface area (Å²) >= 11 is 7.12. The van der Waals surface area contributed by atoms with Gasteiger partial charge in [0.05, 0.1) is 42.9 Å². The highest BCUT2D eigenvalue weighted by Gasteiger charge is 2.51. The first-order valence-corrected chi connectivity index (χ1v) is 30.7. The summed E-state index contributed by atoms with van der Waals surface area (Å²) in [5.41, 5.74) is 1.56. The molecule has 8 bridgehead atoms. The zero-order valence-electron chi connectivity index (χ0n) is 43.6. The highest BCUT2D eigenvalue weighted by atomic mass is 32.1. The fourth-order valence-electron chi connectivity index (χ4n) is 8.56. The van der Waals surface area contributed by atoms with Crippen LogP contribution in [0.3, 0.4) is 0 Å². The zero-order valence-corrected chi connectivity index (χ0v) is 48.5. The number of nitrogens with zero attached hydrogens (tertiary/aromatic N) is 8. The lowest BCUT2D eigenvalue weighted by Gasteiger charge is -2.27. The Bertz CT molecular complexity index is 3490. The number of allylic oxidation sites excluding steroid dienone is 1. The van der Waals surface area contributed by atoms with Crippen molar-refractivity contribution in [3.05, 3.63) is 88.3 Å². The number of hydrogen-bond donors (Lipinski definition) is 8. The predicted molar refractivity (Wildman–Crippen MR) is 304 cm³/mol. The van der Waals surface area contributed by atoms with Gasteiger partial charge in [0, 0.05) is 64.0 Å². The zero-order chi connectivity index (χ0) is 56.4. The van der Waals surface area contributed by atoms with Crippen LogP contribution in [0.2, 0.25) is 0 Å². The summed E-state index contributed by atoms with van der Waals surface area (Å²) in [5, 5.41) is 51.3. The molecule has 7 aromatic rings. The topological polar surface area (TPSA) is 318 Å². The number of amides is 6. The van der Waals surface area contributed by atoms with Crippen molar-refractivity contribution in [2.75, 3.05) is 39.4 Å². The third-order valence-corrected chi connectivity index (χ3v) is 18.6. The van der Waals surface area contributed by atoms with Crippen molar-refractivity contribution in [1.82, 2.24) is 71.7 Å². The lowest BCUT2D eigenvalue weighted by Crippen LogP contribution is -2.52. The SMILES string of the molecule is C/C=C1\NC(=O)[C@H]([C@@H](C)O)NC(=O)c2csc(n2)-c2ccc(-c3nc(-c4nc(C(=O)NC5(C(=O)NCCN6CCOCC6)CC5)cs4)cs3)nc2-c2csc(n2)[C@H]([C@@H](C)O)NC(=O)c2csc(n2)[C@H](C(C)C)NC(=O)c2csc1n2. The number of morpholine rings is 1. The second-order valence-electron chi connectivity index (χ2n) is 19.4. The van der Waals surface area contributed by atoms with Gasteiger partial charge in [-0.1, -0.05) is 19.9 Å². The van der Waals surface area contributed by atoms with Crippen LogP contribution < -0.4 is 31.9 Å². The number of pyridine rings is 1. The average Bonchev–Trinajstić information content (AvgIpc) is 4.28. The van der Waals surface area contributed by atoms with Crippen LogP contribution in [0.5, 0.6) is 0 Å². The summed E-state index contributed by atoms with van der Waals surface area (Å²) < 4.78 is 5.41. The molecule has 29 heteroatoms. The van der Waals surface area contributed by atoms with E-state index in [9.17, 15) is 39.0 Å². The molecular weight excluding hydrogens is 1150 g/mol. The molecule has 7 aromatic heterocycles. The molecule has 1 saturated heterocycles. The van der Waals surface area contributed by atoms with Crippen molar-refractivity contribution < 1.29 is 43.7 Å². The second kappa shape index (κ2) is 24.2. The molecule has 2 aliphatic heterocycles. The van der Waals surface area contributed by atoms with Crippen LogP contribution in [-0.2, 0) is 14.3 Å². The minimum Gasteiger partial charge on any atom is -0.391 e. The fraction of sp³-hybridized carbons (Fsp3) is 0.392. The summed E-state index contributed by atoms with van der Waals surface area (Å²) in [5.74, 6) is -3.45. The lowest BCUT2D eigenvalue weighted by atomic mass is 10.1. The maximum absolute atomic E-state index is 13.9. The van der Waals surface area contributed by atoms with Gasteiger partial charge in [-0.2, -0.15) is 0 Å². The molecule has 0 aromatic carbocycles. The highest BCUT2D eigenvalue weighted by molar-refractivity contribution is 7.15. The molecule has 0 spiro atoms. The first kappa shape index (κ1) is 56.6. The Morgan fingerprint density at radius 1 is 0.675 bits per heavy atom. The Balaban J connectivity index is 0.943. The van der Waals surface area contributed by atoms with E-state index < -0.39 is 65.4 Å². The predicted octanol–water partition coefficient (Wildman–Crippen LogP) is 5.15. The number of aliphatic hydroxyl groups is 2. The van der Waals surface area contributed by atoms with E-state index in [0.29, 0.717) is 97.5 Å². The Morgan fingerprint density at radius 3 is 1.90 bits per heavy atom. The molecule has 418 valence electrons. The van der Waals surface area contributed by atoms with Crippen molar-refractivity contribution in [2.45, 2.75) is 83.3 Å². The van der Waals surface area contributed by atoms with Crippen molar-refractivity contribution in [2.24, 2.45) is 5.92 Å². The third-order valence-electron chi connectivity index (χ3n) is 13.2. The lowest BCUT2D eigenvalue weighted by molar-refractivity contribution is -0.124. The Kier molecular flexibility index (Phi) is 17.1. The number of ether oxygens (including phenoxy) is 1. The number of carbonyl (C=O) groups excluding carboxylic acids is 6. The minimum atomic E-state index is -1.44. The van der Waals surface area contributed by atoms with E-state index in [1.165, 1.54) is 70.0 Å². The Labute approximate surface area is 481 Å². The molecule has 23 nitrogen and oxygen atoms in total. The Hall–Kier alpha value is -6.67. The van der Waals surface area contributed by atoms with Gasteiger partial charge in [0.15, 0.2) is 0 Å². The molecule has 2 fully saturated rings. The maximum Gasteiger partial charge on any atom is 0.271 e. The molecular formula is C51H54N14O9S6. The Morgan fingerprint density at radius 2 is 1.23 bits per heavy atom.